The third kappa shape index (κ3) is 5.38. The number of para-hydroxylation sites is 1. The van der Waals surface area contributed by atoms with Gasteiger partial charge in [0.15, 0.2) is 6.61 Å². The highest BCUT2D eigenvalue weighted by atomic mass is 16.5. The minimum absolute atomic E-state index is 0.140. The van der Waals surface area contributed by atoms with Gasteiger partial charge in [0.05, 0.1) is 18.0 Å². The van der Waals surface area contributed by atoms with Crippen molar-refractivity contribution in [3.8, 4) is 0 Å². The van der Waals surface area contributed by atoms with Gasteiger partial charge in [-0.25, -0.2) is 0 Å². The molecule has 0 radical (unpaired) electrons. The fourth-order valence-electron chi connectivity index (χ4n) is 2.80. The minimum Gasteiger partial charge on any atom is -0.456 e. The molecule has 5 heteroatoms. The van der Waals surface area contributed by atoms with Gasteiger partial charge < -0.3 is 10.1 Å². The third-order valence-corrected chi connectivity index (χ3v) is 4.28. The number of aromatic nitrogens is 1. The van der Waals surface area contributed by atoms with E-state index in [0.29, 0.717) is 6.42 Å². The monoisotopic (exact) mass is 362 g/mol. The number of aryl methyl sites for hydroxylation is 1. The molecule has 1 unspecified atom stereocenters. The zero-order valence-electron chi connectivity index (χ0n) is 15.2. The lowest BCUT2D eigenvalue weighted by Gasteiger charge is -2.14. The first-order valence-electron chi connectivity index (χ1n) is 8.96. The number of hydrogen-bond donors (Lipinski definition) is 1. The summed E-state index contributed by atoms with van der Waals surface area (Å²) >= 11 is 0. The lowest BCUT2D eigenvalue weighted by atomic mass is 10.1. The average molecular weight is 362 g/mol. The zero-order valence-corrected chi connectivity index (χ0v) is 15.2. The van der Waals surface area contributed by atoms with Gasteiger partial charge in [0.25, 0.3) is 5.91 Å². The Bertz CT molecular complexity index is 925. The summed E-state index contributed by atoms with van der Waals surface area (Å²) < 4.78 is 5.07. The van der Waals surface area contributed by atoms with Crippen molar-refractivity contribution in [3.63, 3.8) is 0 Å². The van der Waals surface area contributed by atoms with Crippen molar-refractivity contribution in [1.29, 1.82) is 0 Å². The highest BCUT2D eigenvalue weighted by molar-refractivity contribution is 5.81. The van der Waals surface area contributed by atoms with Gasteiger partial charge in [-0.2, -0.15) is 0 Å². The number of amides is 1. The third-order valence-electron chi connectivity index (χ3n) is 4.28. The lowest BCUT2D eigenvalue weighted by Crippen LogP contribution is -2.31. The van der Waals surface area contributed by atoms with E-state index in [1.165, 1.54) is 0 Å². The fourth-order valence-corrected chi connectivity index (χ4v) is 2.80. The maximum absolute atomic E-state index is 12.0. The first kappa shape index (κ1) is 18.6. The number of rotatable bonds is 7. The molecule has 0 saturated carbocycles. The van der Waals surface area contributed by atoms with Crippen LogP contribution < -0.4 is 5.32 Å². The van der Waals surface area contributed by atoms with Crippen LogP contribution in [0.4, 0.5) is 0 Å². The van der Waals surface area contributed by atoms with E-state index in [0.717, 1.165) is 22.2 Å². The second-order valence-electron chi connectivity index (χ2n) is 6.36. The molecule has 0 bridgehead atoms. The summed E-state index contributed by atoms with van der Waals surface area (Å²) in [6.45, 7) is 1.61. The predicted molar refractivity (Wildman–Crippen MR) is 104 cm³/mol. The first-order chi connectivity index (χ1) is 13.1. The van der Waals surface area contributed by atoms with Crippen LogP contribution in [0.3, 0.4) is 0 Å². The summed E-state index contributed by atoms with van der Waals surface area (Å²) in [6.07, 6.45) is 0.665. The Morgan fingerprint density at radius 3 is 2.56 bits per heavy atom. The van der Waals surface area contributed by atoms with Crippen LogP contribution in [0.5, 0.6) is 0 Å². The summed E-state index contributed by atoms with van der Waals surface area (Å²) in [7, 11) is 0. The Labute approximate surface area is 158 Å². The van der Waals surface area contributed by atoms with Gasteiger partial charge in [-0.15, -0.1) is 0 Å². The summed E-state index contributed by atoms with van der Waals surface area (Å²) in [6, 6.07) is 21.2. The molecule has 1 N–H and O–H groups in total. The molecule has 2 aromatic carbocycles. The largest absolute Gasteiger partial charge is 0.456 e. The van der Waals surface area contributed by atoms with Crippen molar-refractivity contribution < 1.29 is 14.3 Å². The van der Waals surface area contributed by atoms with Gasteiger partial charge in [-0.3, -0.25) is 14.6 Å². The molecule has 1 aromatic heterocycles. The summed E-state index contributed by atoms with van der Waals surface area (Å²) in [5.41, 5.74) is 2.73. The molecule has 0 aliphatic carbocycles. The van der Waals surface area contributed by atoms with Crippen LogP contribution in [-0.2, 0) is 20.7 Å². The number of nitrogens with zero attached hydrogens (tertiary/aromatic N) is 1. The molecule has 3 aromatic rings. The number of ether oxygens (including phenoxy) is 1. The topological polar surface area (TPSA) is 68.3 Å². The molecule has 5 nitrogen and oxygen atoms in total. The fraction of sp³-hybridized carbons (Fsp3) is 0.227. The van der Waals surface area contributed by atoms with Gasteiger partial charge in [-0.05, 0) is 24.6 Å². The number of nitrogens with one attached hydrogen (secondary N) is 1. The summed E-state index contributed by atoms with van der Waals surface area (Å²) in [5.74, 6) is -0.726. The van der Waals surface area contributed by atoms with Crippen molar-refractivity contribution >= 4 is 22.8 Å². The van der Waals surface area contributed by atoms with E-state index in [2.05, 4.69) is 10.3 Å². The molecule has 3 rings (SSSR count). The van der Waals surface area contributed by atoms with Crippen molar-refractivity contribution in [3.05, 3.63) is 78.0 Å². The Hall–Kier alpha value is -3.21. The van der Waals surface area contributed by atoms with E-state index in [9.17, 15) is 9.59 Å². The van der Waals surface area contributed by atoms with Gasteiger partial charge in [0.1, 0.15) is 0 Å². The molecule has 0 aliphatic rings. The van der Waals surface area contributed by atoms with E-state index < -0.39 is 5.97 Å². The maximum Gasteiger partial charge on any atom is 0.306 e. The van der Waals surface area contributed by atoms with Crippen LogP contribution in [0.25, 0.3) is 10.9 Å². The second kappa shape index (κ2) is 8.94. The number of fused-ring (bicyclic) bond motifs is 1. The van der Waals surface area contributed by atoms with Crippen LogP contribution in [0.15, 0.2) is 66.7 Å². The number of benzene rings is 2. The highest BCUT2D eigenvalue weighted by Crippen LogP contribution is 2.13. The Morgan fingerprint density at radius 2 is 1.74 bits per heavy atom. The molecule has 1 amide bonds. The maximum atomic E-state index is 12.0. The van der Waals surface area contributed by atoms with Crippen LogP contribution in [0.1, 0.15) is 30.6 Å². The summed E-state index contributed by atoms with van der Waals surface area (Å²) in [5, 5.41) is 3.88. The van der Waals surface area contributed by atoms with E-state index in [1.54, 1.807) is 0 Å². The summed E-state index contributed by atoms with van der Waals surface area (Å²) in [4.78, 5) is 28.4. The minimum atomic E-state index is -0.410. The Morgan fingerprint density at radius 1 is 1.00 bits per heavy atom. The number of carbonyl (C=O) groups is 2. The number of esters is 1. The first-order valence-corrected chi connectivity index (χ1v) is 8.96. The van der Waals surface area contributed by atoms with Crippen molar-refractivity contribution in [2.45, 2.75) is 25.8 Å². The zero-order chi connectivity index (χ0) is 19.1. The van der Waals surface area contributed by atoms with Gasteiger partial charge in [0.2, 0.25) is 0 Å². The van der Waals surface area contributed by atoms with E-state index in [-0.39, 0.29) is 25.0 Å². The average Bonchev–Trinajstić information content (AvgIpc) is 2.71. The molecule has 0 saturated heterocycles. The molecule has 0 fully saturated rings. The standard InChI is InChI=1S/C22H22N2O3/c1-16(17-7-3-2-4-8-17)23-21(25)15-27-22(26)14-13-19-12-11-18-9-5-6-10-20(18)24-19/h2-12,16H,13-15H2,1H3,(H,23,25). The van der Waals surface area contributed by atoms with Gasteiger partial charge in [0, 0.05) is 17.5 Å². The number of hydrogen-bond acceptors (Lipinski definition) is 4. The predicted octanol–water partition coefficient (Wildman–Crippen LogP) is 3.59. The van der Waals surface area contributed by atoms with Crippen LogP contribution in [-0.4, -0.2) is 23.5 Å². The normalized spacial score (nSPS) is 11.7. The highest BCUT2D eigenvalue weighted by Gasteiger charge is 2.12. The second-order valence-corrected chi connectivity index (χ2v) is 6.36. The van der Waals surface area contributed by atoms with E-state index in [4.69, 9.17) is 4.74 Å². The number of carbonyl (C=O) groups excluding carboxylic acids is 2. The molecule has 0 spiro atoms. The smallest absolute Gasteiger partial charge is 0.306 e. The molecular formula is C22H22N2O3. The van der Waals surface area contributed by atoms with Crippen LogP contribution in [0, 0.1) is 0 Å². The molecule has 1 atom stereocenters. The van der Waals surface area contributed by atoms with Crippen molar-refractivity contribution in [2.24, 2.45) is 0 Å². The Kier molecular flexibility index (Phi) is 6.15. The SMILES string of the molecule is CC(NC(=O)COC(=O)CCc1ccc2ccccc2n1)c1ccccc1. The Balaban J connectivity index is 1.43. The van der Waals surface area contributed by atoms with E-state index in [1.807, 2.05) is 73.7 Å². The van der Waals surface area contributed by atoms with Gasteiger partial charge in [-0.1, -0.05) is 54.6 Å². The lowest BCUT2D eigenvalue weighted by molar-refractivity contribution is -0.148. The molecular weight excluding hydrogens is 340 g/mol. The number of pyridine rings is 1. The molecule has 1 heterocycles. The van der Waals surface area contributed by atoms with E-state index >= 15 is 0 Å². The molecule has 138 valence electrons. The molecule has 27 heavy (non-hydrogen) atoms. The van der Waals surface area contributed by atoms with Crippen LogP contribution >= 0.6 is 0 Å². The quantitative estimate of drug-likeness (QED) is 0.652. The van der Waals surface area contributed by atoms with Crippen molar-refractivity contribution in [1.82, 2.24) is 10.3 Å². The molecule has 0 aliphatic heterocycles. The van der Waals surface area contributed by atoms with Crippen molar-refractivity contribution in [2.75, 3.05) is 6.61 Å². The van der Waals surface area contributed by atoms with Gasteiger partial charge >= 0.3 is 5.97 Å². The van der Waals surface area contributed by atoms with Crippen LogP contribution in [0.2, 0.25) is 0 Å².